The van der Waals surface area contributed by atoms with Gasteiger partial charge in [-0.3, -0.25) is 9.59 Å². The summed E-state index contributed by atoms with van der Waals surface area (Å²) in [4.78, 5) is 36.5. The number of nitrogens with one attached hydrogen (secondary N) is 1. The molecular weight excluding hydrogens is 327 g/mol. The van der Waals surface area contributed by atoms with Crippen LogP contribution in [-0.2, 0) is 9.59 Å². The van der Waals surface area contributed by atoms with Crippen LogP contribution in [0.3, 0.4) is 0 Å². The van der Waals surface area contributed by atoms with Gasteiger partial charge in [0.1, 0.15) is 0 Å². The van der Waals surface area contributed by atoms with E-state index in [0.29, 0.717) is 23.2 Å². The molecule has 136 valence electrons. The number of carboxylic acid groups (broad SMARTS) is 1. The minimum Gasteiger partial charge on any atom is -0.479 e. The molecule has 1 heterocycles. The van der Waals surface area contributed by atoms with Gasteiger partial charge in [0.05, 0.1) is 6.54 Å². The smallest absolute Gasteiger partial charge is 0.343 e. The van der Waals surface area contributed by atoms with Gasteiger partial charge < -0.3 is 15.3 Å². The molecule has 6 nitrogen and oxygen atoms in total. The molecule has 1 saturated heterocycles. The highest BCUT2D eigenvalue weighted by Crippen LogP contribution is 2.28. The Morgan fingerprint density at radius 1 is 1.36 bits per heavy atom. The summed E-state index contributed by atoms with van der Waals surface area (Å²) in [6, 6.07) is 4.81. The number of nitrogens with zero attached hydrogens (tertiary/aromatic N) is 1. The molecular formula is C18H23FN2O4. The van der Waals surface area contributed by atoms with E-state index in [4.69, 9.17) is 5.11 Å². The lowest BCUT2D eigenvalue weighted by atomic mass is 10.1. The summed E-state index contributed by atoms with van der Waals surface area (Å²) in [7, 11) is 0. The third-order valence-corrected chi connectivity index (χ3v) is 4.23. The van der Waals surface area contributed by atoms with Gasteiger partial charge in [-0.15, -0.1) is 0 Å². The maximum Gasteiger partial charge on any atom is 0.343 e. The van der Waals surface area contributed by atoms with E-state index in [-0.39, 0.29) is 24.8 Å². The first-order valence-corrected chi connectivity index (χ1v) is 8.24. The zero-order valence-electron chi connectivity index (χ0n) is 14.6. The molecule has 2 N–H and O–H groups in total. The number of halogens is 1. The number of likely N-dealkylation sites (tertiary alicyclic amines) is 1. The average Bonchev–Trinajstić information content (AvgIpc) is 2.92. The molecule has 2 rings (SSSR count). The molecule has 0 spiro atoms. The lowest BCUT2D eigenvalue weighted by Gasteiger charge is -2.18. The second kappa shape index (κ2) is 7.21. The predicted octanol–water partition coefficient (Wildman–Crippen LogP) is 2.62. The number of carbonyl (C=O) groups is 3. The lowest BCUT2D eigenvalue weighted by molar-refractivity contribution is -0.149. The van der Waals surface area contributed by atoms with Crippen molar-refractivity contribution in [3.8, 4) is 0 Å². The topological polar surface area (TPSA) is 86.7 Å². The van der Waals surface area contributed by atoms with E-state index in [1.54, 1.807) is 25.1 Å². The minimum atomic E-state index is -2.38. The van der Waals surface area contributed by atoms with Crippen LogP contribution in [0.2, 0.25) is 0 Å². The SMILES string of the molecule is Cc1cc(C(=O)N2CCC(F)(C(=O)O)C2)ccc1NC(=O)CC(C)C. The predicted molar refractivity (Wildman–Crippen MR) is 91.3 cm³/mol. The van der Waals surface area contributed by atoms with E-state index in [9.17, 15) is 18.8 Å². The summed E-state index contributed by atoms with van der Waals surface area (Å²) >= 11 is 0. The molecule has 25 heavy (non-hydrogen) atoms. The summed E-state index contributed by atoms with van der Waals surface area (Å²) < 4.78 is 14.1. The van der Waals surface area contributed by atoms with Crippen LogP contribution in [0.5, 0.6) is 0 Å². The number of amides is 2. The van der Waals surface area contributed by atoms with Crippen molar-refractivity contribution >= 4 is 23.5 Å². The molecule has 0 aliphatic carbocycles. The first-order chi connectivity index (χ1) is 11.6. The van der Waals surface area contributed by atoms with Crippen LogP contribution in [0.15, 0.2) is 18.2 Å². The van der Waals surface area contributed by atoms with Crippen molar-refractivity contribution in [2.45, 2.75) is 39.3 Å². The van der Waals surface area contributed by atoms with E-state index < -0.39 is 24.1 Å². The number of aliphatic carboxylic acids is 1. The van der Waals surface area contributed by atoms with E-state index in [0.717, 1.165) is 0 Å². The van der Waals surface area contributed by atoms with Gasteiger partial charge >= 0.3 is 5.97 Å². The van der Waals surface area contributed by atoms with Gasteiger partial charge in [-0.05, 0) is 36.6 Å². The monoisotopic (exact) mass is 350 g/mol. The summed E-state index contributed by atoms with van der Waals surface area (Å²) in [5.74, 6) is -1.81. The van der Waals surface area contributed by atoms with Crippen LogP contribution in [0, 0.1) is 12.8 Å². The molecule has 1 aromatic rings. The number of hydrogen-bond acceptors (Lipinski definition) is 3. The first kappa shape index (κ1) is 18.9. The number of alkyl halides is 1. The summed E-state index contributed by atoms with van der Waals surface area (Å²) in [6.07, 6.45) is 0.193. The molecule has 1 aliphatic rings. The van der Waals surface area contributed by atoms with E-state index in [1.807, 2.05) is 13.8 Å². The second-order valence-electron chi connectivity index (χ2n) is 6.92. The molecule has 1 aromatic carbocycles. The maximum atomic E-state index is 14.1. The van der Waals surface area contributed by atoms with Crippen LogP contribution in [0.1, 0.15) is 42.6 Å². The normalized spacial score (nSPS) is 20.0. The van der Waals surface area contributed by atoms with Crippen molar-refractivity contribution in [1.82, 2.24) is 4.90 Å². The fraction of sp³-hybridized carbons (Fsp3) is 0.500. The van der Waals surface area contributed by atoms with Crippen molar-refractivity contribution in [1.29, 1.82) is 0 Å². The van der Waals surface area contributed by atoms with Crippen molar-refractivity contribution in [3.05, 3.63) is 29.3 Å². The van der Waals surface area contributed by atoms with Crippen molar-refractivity contribution in [3.63, 3.8) is 0 Å². The second-order valence-corrected chi connectivity index (χ2v) is 6.92. The van der Waals surface area contributed by atoms with Crippen LogP contribution in [0.4, 0.5) is 10.1 Å². The van der Waals surface area contributed by atoms with Gasteiger partial charge in [0, 0.05) is 30.6 Å². The van der Waals surface area contributed by atoms with Gasteiger partial charge in [0.25, 0.3) is 5.91 Å². The van der Waals surface area contributed by atoms with Gasteiger partial charge in [-0.25, -0.2) is 9.18 Å². The molecule has 1 aliphatic heterocycles. The summed E-state index contributed by atoms with van der Waals surface area (Å²) in [5.41, 5.74) is -0.704. The highest BCUT2D eigenvalue weighted by molar-refractivity contribution is 5.97. The molecule has 1 unspecified atom stereocenters. The third-order valence-electron chi connectivity index (χ3n) is 4.23. The zero-order chi connectivity index (χ0) is 18.8. The van der Waals surface area contributed by atoms with E-state index in [1.165, 1.54) is 4.90 Å². The standard InChI is InChI=1S/C18H23FN2O4/c1-11(2)8-15(22)20-14-5-4-13(9-12(14)3)16(23)21-7-6-18(19,10-21)17(24)25/h4-5,9,11H,6-8,10H2,1-3H3,(H,20,22)(H,24,25). The molecule has 0 radical (unpaired) electrons. The average molecular weight is 350 g/mol. The molecule has 1 atom stereocenters. The highest BCUT2D eigenvalue weighted by Gasteiger charge is 2.47. The Kier molecular flexibility index (Phi) is 5.45. The van der Waals surface area contributed by atoms with Crippen LogP contribution >= 0.6 is 0 Å². The lowest BCUT2D eigenvalue weighted by Crippen LogP contribution is -2.38. The van der Waals surface area contributed by atoms with Crippen LogP contribution in [-0.4, -0.2) is 46.5 Å². The molecule has 7 heteroatoms. The Morgan fingerprint density at radius 2 is 2.04 bits per heavy atom. The molecule has 0 aromatic heterocycles. The largest absolute Gasteiger partial charge is 0.479 e. The number of aryl methyl sites for hydroxylation is 1. The molecule has 2 amide bonds. The van der Waals surface area contributed by atoms with Crippen molar-refractivity contribution in [2.24, 2.45) is 5.92 Å². The quantitative estimate of drug-likeness (QED) is 0.855. The number of hydrogen-bond donors (Lipinski definition) is 2. The van der Waals surface area contributed by atoms with Crippen molar-refractivity contribution in [2.75, 3.05) is 18.4 Å². The Balaban J connectivity index is 2.09. The Morgan fingerprint density at radius 3 is 2.56 bits per heavy atom. The highest BCUT2D eigenvalue weighted by atomic mass is 19.1. The number of carbonyl (C=O) groups excluding carboxylic acids is 2. The molecule has 1 fully saturated rings. The van der Waals surface area contributed by atoms with Gasteiger partial charge in [-0.1, -0.05) is 13.8 Å². The minimum absolute atomic E-state index is 0.0631. The molecule has 0 saturated carbocycles. The number of carboxylic acids is 1. The Labute approximate surface area is 146 Å². The third kappa shape index (κ3) is 4.35. The summed E-state index contributed by atoms with van der Waals surface area (Å²) in [5, 5.41) is 11.7. The van der Waals surface area contributed by atoms with Gasteiger partial charge in [0.2, 0.25) is 11.6 Å². The zero-order valence-corrected chi connectivity index (χ0v) is 14.6. The van der Waals surface area contributed by atoms with Crippen LogP contribution < -0.4 is 5.32 Å². The first-order valence-electron chi connectivity index (χ1n) is 8.24. The van der Waals surface area contributed by atoms with Gasteiger partial charge in [-0.2, -0.15) is 0 Å². The summed E-state index contributed by atoms with van der Waals surface area (Å²) in [6.45, 7) is 5.28. The number of anilines is 1. The fourth-order valence-corrected chi connectivity index (χ4v) is 2.81. The molecule has 0 bridgehead atoms. The maximum absolute atomic E-state index is 14.1. The van der Waals surface area contributed by atoms with Gasteiger partial charge in [0.15, 0.2) is 0 Å². The Bertz CT molecular complexity index is 704. The fourth-order valence-electron chi connectivity index (χ4n) is 2.81. The Hall–Kier alpha value is -2.44. The van der Waals surface area contributed by atoms with E-state index >= 15 is 0 Å². The van der Waals surface area contributed by atoms with Crippen LogP contribution in [0.25, 0.3) is 0 Å². The van der Waals surface area contributed by atoms with E-state index in [2.05, 4.69) is 5.32 Å². The van der Waals surface area contributed by atoms with Crippen molar-refractivity contribution < 1.29 is 23.9 Å². The number of benzene rings is 1. The number of rotatable bonds is 5.